The molecule has 10 heteroatoms. The largest absolute Gasteiger partial charge is 0.508 e. The number of ether oxygens (including phenoxy) is 1. The molecule has 4 heterocycles. The second-order valence-electron chi connectivity index (χ2n) is 8.42. The number of phenols is 1. The Bertz CT molecular complexity index is 999. The normalized spacial score (nSPS) is 30.0. The van der Waals surface area contributed by atoms with Gasteiger partial charge in [-0.2, -0.15) is 4.31 Å². The molecule has 2 aromatic rings. The average molecular weight is 466 g/mol. The minimum Gasteiger partial charge on any atom is -0.508 e. The Morgan fingerprint density at radius 3 is 2.65 bits per heavy atom. The van der Waals surface area contributed by atoms with Crippen molar-refractivity contribution in [3.63, 3.8) is 0 Å². The molecular weight excluding hydrogens is 438 g/mol. The van der Waals surface area contributed by atoms with Crippen molar-refractivity contribution in [2.24, 2.45) is 0 Å². The Hall–Kier alpha value is -1.69. The Labute approximate surface area is 186 Å². The maximum atomic E-state index is 13.2. The number of morpholine rings is 1. The highest BCUT2D eigenvalue weighted by atomic mass is 32.2. The number of fused-ring (bicyclic) bond motifs is 2. The highest BCUT2D eigenvalue weighted by Gasteiger charge is 2.46. The summed E-state index contributed by atoms with van der Waals surface area (Å²) in [6, 6.07) is 10.5. The SMILES string of the molecule is O=S(=O)(c1cccs1)N1CCN(c2ccc(O)cc2)[C@@H](CN2[C@H]3COC[C@@H]2[C@@H](O)C3)C1. The van der Waals surface area contributed by atoms with Crippen molar-refractivity contribution in [2.75, 3.05) is 44.3 Å². The molecule has 1 aromatic carbocycles. The lowest BCUT2D eigenvalue weighted by molar-refractivity contribution is -0.0345. The molecule has 0 unspecified atom stereocenters. The van der Waals surface area contributed by atoms with Crippen LogP contribution in [-0.4, -0.2) is 91.5 Å². The first-order chi connectivity index (χ1) is 14.9. The maximum absolute atomic E-state index is 13.2. The zero-order valence-corrected chi connectivity index (χ0v) is 18.7. The van der Waals surface area contributed by atoms with Gasteiger partial charge in [0.25, 0.3) is 10.0 Å². The second-order valence-corrected chi connectivity index (χ2v) is 11.5. The van der Waals surface area contributed by atoms with E-state index < -0.39 is 16.1 Å². The highest BCUT2D eigenvalue weighted by Crippen LogP contribution is 2.33. The topological polar surface area (TPSA) is 93.6 Å². The number of nitrogens with zero attached hydrogens (tertiary/aromatic N) is 3. The predicted molar refractivity (Wildman–Crippen MR) is 118 cm³/mol. The van der Waals surface area contributed by atoms with Gasteiger partial charge >= 0.3 is 0 Å². The minimum absolute atomic E-state index is 0.0512. The van der Waals surface area contributed by atoms with Crippen LogP contribution < -0.4 is 4.90 Å². The number of thiophene rings is 1. The number of hydrogen-bond donors (Lipinski definition) is 2. The molecule has 3 aliphatic heterocycles. The van der Waals surface area contributed by atoms with Gasteiger partial charge < -0.3 is 19.8 Å². The summed E-state index contributed by atoms with van der Waals surface area (Å²) < 4.78 is 34.0. The molecule has 3 fully saturated rings. The molecule has 0 aliphatic carbocycles. The second kappa shape index (κ2) is 8.34. The van der Waals surface area contributed by atoms with Crippen LogP contribution >= 0.6 is 11.3 Å². The number of hydrogen-bond acceptors (Lipinski definition) is 8. The van der Waals surface area contributed by atoms with Crippen LogP contribution in [0.1, 0.15) is 6.42 Å². The number of benzene rings is 1. The molecule has 3 saturated heterocycles. The van der Waals surface area contributed by atoms with Crippen molar-refractivity contribution in [3.05, 3.63) is 41.8 Å². The van der Waals surface area contributed by atoms with Gasteiger partial charge in [0.2, 0.25) is 0 Å². The zero-order valence-electron chi connectivity index (χ0n) is 17.1. The van der Waals surface area contributed by atoms with E-state index in [1.165, 1.54) is 11.3 Å². The summed E-state index contributed by atoms with van der Waals surface area (Å²) in [4.78, 5) is 4.52. The number of aliphatic hydroxyl groups is 1. The molecule has 2 N–H and O–H groups in total. The molecule has 1 aromatic heterocycles. The quantitative estimate of drug-likeness (QED) is 0.685. The lowest BCUT2D eigenvalue weighted by atomic mass is 10.1. The molecule has 0 amide bonds. The molecule has 4 atom stereocenters. The molecule has 0 spiro atoms. The fourth-order valence-electron chi connectivity index (χ4n) is 5.01. The number of aliphatic hydroxyl groups excluding tert-OH is 1. The third-order valence-electron chi connectivity index (χ3n) is 6.59. The van der Waals surface area contributed by atoms with Crippen molar-refractivity contribution in [1.82, 2.24) is 9.21 Å². The molecule has 168 valence electrons. The Morgan fingerprint density at radius 1 is 1.13 bits per heavy atom. The number of aromatic hydroxyl groups is 1. The minimum atomic E-state index is -3.53. The first-order valence-electron chi connectivity index (χ1n) is 10.5. The van der Waals surface area contributed by atoms with Crippen LogP contribution in [0.15, 0.2) is 46.0 Å². The van der Waals surface area contributed by atoms with Crippen molar-refractivity contribution in [1.29, 1.82) is 0 Å². The van der Waals surface area contributed by atoms with E-state index in [1.54, 1.807) is 34.0 Å². The van der Waals surface area contributed by atoms with Gasteiger partial charge in [-0.1, -0.05) is 6.07 Å². The number of phenolic OH excluding ortho intramolecular Hbond substituents is 1. The highest BCUT2D eigenvalue weighted by molar-refractivity contribution is 7.91. The van der Waals surface area contributed by atoms with Gasteiger partial charge in [0, 0.05) is 37.9 Å². The molecular formula is C21H27N3O5S2. The third-order valence-corrected chi connectivity index (χ3v) is 9.83. The van der Waals surface area contributed by atoms with Gasteiger partial charge in [0.15, 0.2) is 0 Å². The molecule has 8 nitrogen and oxygen atoms in total. The van der Waals surface area contributed by atoms with Gasteiger partial charge in [-0.25, -0.2) is 8.42 Å². The predicted octanol–water partition coefficient (Wildman–Crippen LogP) is 1.17. The summed E-state index contributed by atoms with van der Waals surface area (Å²) in [5.41, 5.74) is 0.956. The summed E-state index contributed by atoms with van der Waals surface area (Å²) in [5.74, 6) is 0.202. The maximum Gasteiger partial charge on any atom is 0.252 e. The summed E-state index contributed by atoms with van der Waals surface area (Å²) >= 11 is 1.24. The van der Waals surface area contributed by atoms with Crippen LogP contribution in [0.5, 0.6) is 5.75 Å². The van der Waals surface area contributed by atoms with Crippen molar-refractivity contribution < 1.29 is 23.4 Å². The molecule has 3 aliphatic rings. The van der Waals surface area contributed by atoms with E-state index >= 15 is 0 Å². The fourth-order valence-corrected chi connectivity index (χ4v) is 7.62. The van der Waals surface area contributed by atoms with Gasteiger partial charge in [0.05, 0.1) is 31.4 Å². The Kier molecular flexibility index (Phi) is 5.70. The lowest BCUT2D eigenvalue weighted by Crippen LogP contribution is -2.61. The van der Waals surface area contributed by atoms with E-state index in [0.717, 1.165) is 5.69 Å². The van der Waals surface area contributed by atoms with Crippen molar-refractivity contribution in [2.45, 2.75) is 34.9 Å². The van der Waals surface area contributed by atoms with Crippen LogP contribution in [0.25, 0.3) is 0 Å². The smallest absolute Gasteiger partial charge is 0.252 e. The molecule has 2 bridgehead atoms. The van der Waals surface area contributed by atoms with E-state index in [-0.39, 0.29) is 23.9 Å². The zero-order chi connectivity index (χ0) is 21.6. The number of anilines is 1. The number of piperazine rings is 1. The summed E-state index contributed by atoms with van der Waals surface area (Å²) in [6.07, 6.45) is 0.275. The van der Waals surface area contributed by atoms with Crippen LogP contribution in [0.2, 0.25) is 0 Å². The Balaban J connectivity index is 1.42. The van der Waals surface area contributed by atoms with Gasteiger partial charge in [0.1, 0.15) is 9.96 Å². The molecule has 0 saturated carbocycles. The van der Waals surface area contributed by atoms with Gasteiger partial charge in [-0.05, 0) is 42.1 Å². The average Bonchev–Trinajstić information content (AvgIpc) is 3.35. The first kappa shape index (κ1) is 21.2. The summed E-state index contributed by atoms with van der Waals surface area (Å²) in [7, 11) is -3.53. The standard InChI is InChI=1S/C21H27N3O5S2/c25-18-5-3-15(4-6-18)23-8-7-22(31(27,28)21-2-1-9-30-21)11-17(23)12-24-16-10-20(26)19(24)14-29-13-16/h1-6,9,16-17,19-20,25-26H,7-8,10-14H2/t16-,17-,19-,20+/m1/s1. The van der Waals surface area contributed by atoms with E-state index in [9.17, 15) is 18.6 Å². The first-order valence-corrected chi connectivity index (χ1v) is 12.9. The third kappa shape index (κ3) is 3.96. The van der Waals surface area contributed by atoms with Crippen LogP contribution in [0, 0.1) is 0 Å². The van der Waals surface area contributed by atoms with Crippen LogP contribution in [0.4, 0.5) is 5.69 Å². The van der Waals surface area contributed by atoms with Gasteiger partial charge in [-0.15, -0.1) is 11.3 Å². The summed E-state index contributed by atoms with van der Waals surface area (Å²) in [6.45, 7) is 3.07. The lowest BCUT2D eigenvalue weighted by Gasteiger charge is -2.46. The monoisotopic (exact) mass is 465 g/mol. The van der Waals surface area contributed by atoms with Crippen molar-refractivity contribution in [3.8, 4) is 5.75 Å². The number of sulfonamides is 1. The molecule has 31 heavy (non-hydrogen) atoms. The fraction of sp³-hybridized carbons (Fsp3) is 0.524. The van der Waals surface area contributed by atoms with Gasteiger partial charge in [-0.3, -0.25) is 4.90 Å². The molecule has 5 rings (SSSR count). The number of rotatable bonds is 5. The van der Waals surface area contributed by atoms with E-state index in [4.69, 9.17) is 4.74 Å². The van der Waals surface area contributed by atoms with Crippen molar-refractivity contribution >= 4 is 27.0 Å². The van der Waals surface area contributed by atoms with E-state index in [0.29, 0.717) is 50.0 Å². The Morgan fingerprint density at radius 2 is 1.94 bits per heavy atom. The molecule has 0 radical (unpaired) electrons. The van der Waals surface area contributed by atoms with Crippen LogP contribution in [-0.2, 0) is 14.8 Å². The summed E-state index contributed by atoms with van der Waals surface area (Å²) in [5, 5.41) is 21.9. The van der Waals surface area contributed by atoms with E-state index in [2.05, 4.69) is 9.80 Å². The van der Waals surface area contributed by atoms with Crippen LogP contribution in [0.3, 0.4) is 0 Å². The van der Waals surface area contributed by atoms with E-state index in [1.807, 2.05) is 12.1 Å².